The lowest BCUT2D eigenvalue weighted by Gasteiger charge is -2.21. The fourth-order valence-corrected chi connectivity index (χ4v) is 2.68. The van der Waals surface area contributed by atoms with Crippen LogP contribution < -0.4 is 10.6 Å². The molecule has 0 spiro atoms. The molecule has 1 aliphatic rings. The average Bonchev–Trinajstić information content (AvgIpc) is 2.65. The molecule has 2 aromatic rings. The number of hydrogen-bond acceptors (Lipinski definition) is 4. The molecule has 20 heavy (non-hydrogen) atoms. The van der Waals surface area contributed by atoms with Gasteiger partial charge in [0, 0.05) is 39.3 Å². The summed E-state index contributed by atoms with van der Waals surface area (Å²) < 4.78 is 1.80. The highest BCUT2D eigenvalue weighted by atomic mass is 16.2. The van der Waals surface area contributed by atoms with Crippen molar-refractivity contribution in [1.29, 1.82) is 0 Å². The second-order valence-corrected chi connectivity index (χ2v) is 5.11. The number of nitrogen functional groups attached to an aromatic ring is 1. The van der Waals surface area contributed by atoms with Crippen LogP contribution in [-0.4, -0.2) is 46.6 Å². The predicted molar refractivity (Wildman–Crippen MR) is 78.7 cm³/mol. The van der Waals surface area contributed by atoms with Crippen LogP contribution in [0.4, 0.5) is 11.5 Å². The summed E-state index contributed by atoms with van der Waals surface area (Å²) in [6.45, 7) is 4.79. The van der Waals surface area contributed by atoms with E-state index in [1.807, 2.05) is 29.3 Å². The fourth-order valence-electron chi connectivity index (χ4n) is 2.68. The van der Waals surface area contributed by atoms with Gasteiger partial charge in [0.1, 0.15) is 5.69 Å². The Bertz CT molecular complexity index is 636. The molecule has 1 amide bonds. The molecular weight excluding hydrogens is 254 g/mol. The Hall–Kier alpha value is -2.24. The lowest BCUT2D eigenvalue weighted by Crippen LogP contribution is -2.33. The van der Waals surface area contributed by atoms with Gasteiger partial charge in [0.25, 0.3) is 0 Å². The van der Waals surface area contributed by atoms with E-state index in [1.165, 1.54) is 0 Å². The lowest BCUT2D eigenvalue weighted by molar-refractivity contribution is -0.128. The molecule has 1 saturated heterocycles. The standard InChI is InChI=1S/C14H19N5O/c1-11(20)17-6-4-7-18(10-9-17)14-13(15)12-5-2-3-8-19(12)16-14/h2-3,5,8H,4,6-7,9-10,15H2,1H3. The van der Waals surface area contributed by atoms with Crippen molar-refractivity contribution in [2.75, 3.05) is 36.8 Å². The topological polar surface area (TPSA) is 66.9 Å². The molecular formula is C14H19N5O. The van der Waals surface area contributed by atoms with Crippen molar-refractivity contribution in [2.24, 2.45) is 0 Å². The zero-order valence-corrected chi connectivity index (χ0v) is 11.6. The van der Waals surface area contributed by atoms with Crippen LogP contribution in [0.2, 0.25) is 0 Å². The maximum atomic E-state index is 11.5. The first kappa shape index (κ1) is 12.8. The number of carbonyl (C=O) groups excluding carboxylic acids is 1. The van der Waals surface area contributed by atoms with Crippen molar-refractivity contribution in [3.05, 3.63) is 24.4 Å². The summed E-state index contributed by atoms with van der Waals surface area (Å²) in [5, 5.41) is 4.56. The number of pyridine rings is 1. The minimum Gasteiger partial charge on any atom is -0.394 e. The second-order valence-electron chi connectivity index (χ2n) is 5.11. The summed E-state index contributed by atoms with van der Waals surface area (Å²) in [7, 11) is 0. The molecule has 0 atom stereocenters. The van der Waals surface area contributed by atoms with Crippen LogP contribution in [0.5, 0.6) is 0 Å². The van der Waals surface area contributed by atoms with Crippen molar-refractivity contribution >= 4 is 22.9 Å². The predicted octanol–water partition coefficient (Wildman–Crippen LogP) is 0.975. The van der Waals surface area contributed by atoms with Gasteiger partial charge in [-0.3, -0.25) is 4.79 Å². The number of carbonyl (C=O) groups is 1. The van der Waals surface area contributed by atoms with Crippen molar-refractivity contribution < 1.29 is 4.79 Å². The molecule has 0 bridgehead atoms. The Kier molecular flexibility index (Phi) is 3.22. The van der Waals surface area contributed by atoms with Crippen LogP contribution >= 0.6 is 0 Å². The number of anilines is 2. The summed E-state index contributed by atoms with van der Waals surface area (Å²) in [6, 6.07) is 5.85. The largest absolute Gasteiger partial charge is 0.394 e. The maximum absolute atomic E-state index is 11.5. The molecule has 6 heteroatoms. The number of hydrogen-bond donors (Lipinski definition) is 1. The SMILES string of the molecule is CC(=O)N1CCCN(c2nn3ccccc3c2N)CC1. The molecule has 2 N–H and O–H groups in total. The van der Waals surface area contributed by atoms with Gasteiger partial charge in [0.15, 0.2) is 5.82 Å². The highest BCUT2D eigenvalue weighted by Gasteiger charge is 2.21. The van der Waals surface area contributed by atoms with Gasteiger partial charge < -0.3 is 15.5 Å². The third-order valence-corrected chi connectivity index (χ3v) is 3.80. The number of fused-ring (bicyclic) bond motifs is 1. The van der Waals surface area contributed by atoms with E-state index in [1.54, 1.807) is 11.4 Å². The zero-order valence-electron chi connectivity index (χ0n) is 11.6. The normalized spacial score (nSPS) is 16.4. The van der Waals surface area contributed by atoms with Gasteiger partial charge in [0.05, 0.1) is 5.52 Å². The first-order valence-electron chi connectivity index (χ1n) is 6.90. The van der Waals surface area contributed by atoms with Crippen molar-refractivity contribution in [3.8, 4) is 0 Å². The second kappa shape index (κ2) is 5.03. The van der Waals surface area contributed by atoms with Crippen LogP contribution in [0.3, 0.4) is 0 Å². The Labute approximate surface area is 117 Å². The van der Waals surface area contributed by atoms with E-state index in [4.69, 9.17) is 5.73 Å². The summed E-state index contributed by atoms with van der Waals surface area (Å²) in [4.78, 5) is 15.5. The van der Waals surface area contributed by atoms with Crippen LogP contribution in [0.15, 0.2) is 24.4 Å². The molecule has 0 radical (unpaired) electrons. The van der Waals surface area contributed by atoms with Crippen LogP contribution in [0, 0.1) is 0 Å². The lowest BCUT2D eigenvalue weighted by atomic mass is 10.3. The smallest absolute Gasteiger partial charge is 0.219 e. The van der Waals surface area contributed by atoms with Crippen LogP contribution in [-0.2, 0) is 4.79 Å². The molecule has 6 nitrogen and oxygen atoms in total. The van der Waals surface area contributed by atoms with Gasteiger partial charge in [-0.2, -0.15) is 0 Å². The molecule has 0 aliphatic carbocycles. The molecule has 1 aliphatic heterocycles. The summed E-state index contributed by atoms with van der Waals surface area (Å²) >= 11 is 0. The monoisotopic (exact) mass is 273 g/mol. The van der Waals surface area contributed by atoms with E-state index in [2.05, 4.69) is 10.00 Å². The minimum absolute atomic E-state index is 0.134. The van der Waals surface area contributed by atoms with Crippen LogP contribution in [0.1, 0.15) is 13.3 Å². The summed E-state index contributed by atoms with van der Waals surface area (Å²) in [6.07, 6.45) is 2.84. The van der Waals surface area contributed by atoms with E-state index < -0.39 is 0 Å². The number of rotatable bonds is 1. The molecule has 3 rings (SSSR count). The molecule has 0 unspecified atom stereocenters. The quantitative estimate of drug-likeness (QED) is 0.841. The van der Waals surface area contributed by atoms with Gasteiger partial charge >= 0.3 is 0 Å². The Morgan fingerprint density at radius 1 is 1.25 bits per heavy atom. The zero-order chi connectivity index (χ0) is 14.1. The third-order valence-electron chi connectivity index (χ3n) is 3.80. The van der Waals surface area contributed by atoms with Crippen molar-refractivity contribution in [3.63, 3.8) is 0 Å². The average molecular weight is 273 g/mol. The third kappa shape index (κ3) is 2.17. The number of amides is 1. The first-order chi connectivity index (χ1) is 9.66. The minimum atomic E-state index is 0.134. The Balaban J connectivity index is 1.87. The van der Waals surface area contributed by atoms with Gasteiger partial charge in [-0.15, -0.1) is 5.10 Å². The first-order valence-corrected chi connectivity index (χ1v) is 6.90. The number of aromatic nitrogens is 2. The molecule has 0 saturated carbocycles. The summed E-state index contributed by atoms with van der Waals surface area (Å²) in [5.74, 6) is 0.955. The number of nitrogens with zero attached hydrogens (tertiary/aromatic N) is 4. The van der Waals surface area contributed by atoms with E-state index in [9.17, 15) is 4.79 Å². The van der Waals surface area contributed by atoms with E-state index >= 15 is 0 Å². The fraction of sp³-hybridized carbons (Fsp3) is 0.429. The Morgan fingerprint density at radius 3 is 2.85 bits per heavy atom. The molecule has 2 aromatic heterocycles. The van der Waals surface area contributed by atoms with Gasteiger partial charge in [-0.25, -0.2) is 4.52 Å². The van der Waals surface area contributed by atoms with Crippen molar-refractivity contribution in [2.45, 2.75) is 13.3 Å². The van der Waals surface area contributed by atoms with Gasteiger partial charge in [0.2, 0.25) is 5.91 Å². The molecule has 0 aromatic carbocycles. The highest BCUT2D eigenvalue weighted by molar-refractivity contribution is 5.81. The van der Waals surface area contributed by atoms with Crippen LogP contribution in [0.25, 0.3) is 5.52 Å². The Morgan fingerprint density at radius 2 is 2.10 bits per heavy atom. The van der Waals surface area contributed by atoms with Gasteiger partial charge in [-0.05, 0) is 18.6 Å². The highest BCUT2D eigenvalue weighted by Crippen LogP contribution is 2.27. The molecule has 106 valence electrons. The van der Waals surface area contributed by atoms with E-state index in [-0.39, 0.29) is 5.91 Å². The maximum Gasteiger partial charge on any atom is 0.219 e. The number of nitrogens with two attached hydrogens (primary N) is 1. The summed E-state index contributed by atoms with van der Waals surface area (Å²) in [5.41, 5.74) is 7.85. The van der Waals surface area contributed by atoms with Crippen molar-refractivity contribution in [1.82, 2.24) is 14.5 Å². The van der Waals surface area contributed by atoms with E-state index in [0.717, 1.165) is 43.9 Å². The molecule has 3 heterocycles. The van der Waals surface area contributed by atoms with E-state index in [0.29, 0.717) is 5.69 Å². The molecule has 1 fully saturated rings. The van der Waals surface area contributed by atoms with Gasteiger partial charge in [-0.1, -0.05) is 6.07 Å².